The van der Waals surface area contributed by atoms with Crippen LogP contribution in [0.4, 0.5) is 4.79 Å². The van der Waals surface area contributed by atoms with Crippen molar-refractivity contribution >= 4 is 12.0 Å². The minimum atomic E-state index is -0.816. The standard InChI is InChI=1S/C16H22N2O3/c1-2-18(11-12-7-4-3-5-8-12)16(21)17-14-10-6-9-13(14)15(19)20/h3-5,7-8,13-14H,2,6,9-11H2,1H3,(H,17,21)(H,19,20). The van der Waals surface area contributed by atoms with E-state index in [-0.39, 0.29) is 12.1 Å². The van der Waals surface area contributed by atoms with Crippen molar-refractivity contribution in [2.45, 2.75) is 38.8 Å². The zero-order valence-corrected chi connectivity index (χ0v) is 12.3. The summed E-state index contributed by atoms with van der Waals surface area (Å²) in [5, 5.41) is 12.1. The number of carbonyl (C=O) groups excluding carboxylic acids is 1. The maximum Gasteiger partial charge on any atom is 0.317 e. The molecule has 0 bridgehead atoms. The summed E-state index contributed by atoms with van der Waals surface area (Å²) in [6.45, 7) is 3.05. The topological polar surface area (TPSA) is 69.6 Å². The summed E-state index contributed by atoms with van der Waals surface area (Å²) in [6.07, 6.45) is 2.24. The molecule has 5 nitrogen and oxygen atoms in total. The first-order valence-electron chi connectivity index (χ1n) is 7.44. The predicted molar refractivity (Wildman–Crippen MR) is 79.8 cm³/mol. The minimum Gasteiger partial charge on any atom is -0.481 e. The monoisotopic (exact) mass is 290 g/mol. The Labute approximate surface area is 125 Å². The lowest BCUT2D eigenvalue weighted by Crippen LogP contribution is -2.47. The van der Waals surface area contributed by atoms with Crippen LogP contribution in [0.15, 0.2) is 30.3 Å². The van der Waals surface area contributed by atoms with Crippen LogP contribution >= 0.6 is 0 Å². The van der Waals surface area contributed by atoms with Gasteiger partial charge in [0.15, 0.2) is 0 Å². The molecule has 2 rings (SSSR count). The molecule has 1 aliphatic rings. The number of urea groups is 1. The Balaban J connectivity index is 1.95. The molecule has 1 aliphatic carbocycles. The van der Waals surface area contributed by atoms with Gasteiger partial charge in [-0.1, -0.05) is 36.8 Å². The van der Waals surface area contributed by atoms with Crippen molar-refractivity contribution in [1.82, 2.24) is 10.2 Å². The van der Waals surface area contributed by atoms with Gasteiger partial charge in [0.1, 0.15) is 0 Å². The van der Waals surface area contributed by atoms with E-state index in [9.17, 15) is 9.59 Å². The molecule has 2 unspecified atom stereocenters. The van der Waals surface area contributed by atoms with E-state index in [0.717, 1.165) is 18.4 Å². The summed E-state index contributed by atoms with van der Waals surface area (Å²) in [6, 6.07) is 9.35. The molecule has 0 aromatic heterocycles. The number of carboxylic acids is 1. The molecule has 2 amide bonds. The lowest BCUT2D eigenvalue weighted by Gasteiger charge is -2.25. The molecular formula is C16H22N2O3. The molecule has 0 aliphatic heterocycles. The Bertz CT molecular complexity index is 490. The number of benzene rings is 1. The number of nitrogens with zero attached hydrogens (tertiary/aromatic N) is 1. The molecule has 1 aromatic carbocycles. The van der Waals surface area contributed by atoms with E-state index in [0.29, 0.717) is 19.5 Å². The highest BCUT2D eigenvalue weighted by atomic mass is 16.4. The molecule has 2 atom stereocenters. The van der Waals surface area contributed by atoms with Gasteiger partial charge in [-0.05, 0) is 25.3 Å². The van der Waals surface area contributed by atoms with Crippen molar-refractivity contribution in [2.24, 2.45) is 5.92 Å². The summed E-state index contributed by atoms with van der Waals surface area (Å²) in [5.41, 5.74) is 1.07. The number of carboxylic acid groups (broad SMARTS) is 1. The number of nitrogens with one attached hydrogen (secondary N) is 1. The smallest absolute Gasteiger partial charge is 0.317 e. The van der Waals surface area contributed by atoms with Crippen LogP contribution < -0.4 is 5.32 Å². The van der Waals surface area contributed by atoms with Crippen molar-refractivity contribution in [2.75, 3.05) is 6.54 Å². The molecule has 1 fully saturated rings. The molecule has 0 spiro atoms. The molecule has 21 heavy (non-hydrogen) atoms. The fraction of sp³-hybridized carbons (Fsp3) is 0.500. The van der Waals surface area contributed by atoms with Crippen molar-refractivity contribution in [1.29, 1.82) is 0 Å². The van der Waals surface area contributed by atoms with Crippen LogP contribution in [0, 0.1) is 5.92 Å². The van der Waals surface area contributed by atoms with Gasteiger partial charge in [0.05, 0.1) is 5.92 Å². The third-order valence-corrected chi connectivity index (χ3v) is 4.03. The first kappa shape index (κ1) is 15.4. The quantitative estimate of drug-likeness (QED) is 0.875. The van der Waals surface area contributed by atoms with Gasteiger partial charge in [-0.3, -0.25) is 4.79 Å². The Kier molecular flexibility index (Phi) is 5.20. The van der Waals surface area contributed by atoms with Gasteiger partial charge < -0.3 is 15.3 Å². The summed E-state index contributed by atoms with van der Waals surface area (Å²) in [5.74, 6) is -1.27. The predicted octanol–water partition coefficient (Wildman–Crippen LogP) is 2.47. The minimum absolute atomic E-state index is 0.181. The van der Waals surface area contributed by atoms with Crippen LogP contribution in [0.5, 0.6) is 0 Å². The number of hydrogen-bond donors (Lipinski definition) is 2. The van der Waals surface area contributed by atoms with Crippen molar-refractivity contribution in [3.63, 3.8) is 0 Å². The van der Waals surface area contributed by atoms with Crippen LogP contribution in [0.25, 0.3) is 0 Å². The number of rotatable bonds is 5. The van der Waals surface area contributed by atoms with Gasteiger partial charge in [-0.15, -0.1) is 0 Å². The summed E-state index contributed by atoms with van der Waals surface area (Å²) in [4.78, 5) is 25.2. The lowest BCUT2D eigenvalue weighted by atomic mass is 10.0. The molecule has 1 aromatic rings. The van der Waals surface area contributed by atoms with Crippen LogP contribution in [-0.4, -0.2) is 34.6 Å². The number of aliphatic carboxylic acids is 1. The molecule has 114 valence electrons. The summed E-state index contributed by atoms with van der Waals surface area (Å²) < 4.78 is 0. The molecule has 1 saturated carbocycles. The van der Waals surface area contributed by atoms with Gasteiger partial charge in [-0.25, -0.2) is 4.79 Å². The molecule has 5 heteroatoms. The summed E-state index contributed by atoms with van der Waals surface area (Å²) in [7, 11) is 0. The van der Waals surface area contributed by atoms with Crippen LogP contribution in [0.2, 0.25) is 0 Å². The Morgan fingerprint density at radius 1 is 1.29 bits per heavy atom. The Morgan fingerprint density at radius 3 is 2.62 bits per heavy atom. The second kappa shape index (κ2) is 7.11. The third-order valence-electron chi connectivity index (χ3n) is 4.03. The Morgan fingerprint density at radius 2 is 2.00 bits per heavy atom. The second-order valence-corrected chi connectivity index (χ2v) is 5.43. The maximum absolute atomic E-state index is 12.3. The average molecular weight is 290 g/mol. The number of hydrogen-bond acceptors (Lipinski definition) is 2. The van der Waals surface area contributed by atoms with E-state index >= 15 is 0 Å². The molecule has 0 radical (unpaired) electrons. The lowest BCUT2D eigenvalue weighted by molar-refractivity contribution is -0.142. The SMILES string of the molecule is CCN(Cc1ccccc1)C(=O)NC1CCCC1C(=O)O. The van der Waals surface area contributed by atoms with Gasteiger partial charge in [-0.2, -0.15) is 0 Å². The normalized spacial score (nSPS) is 21.0. The molecular weight excluding hydrogens is 268 g/mol. The Hall–Kier alpha value is -2.04. The average Bonchev–Trinajstić information content (AvgIpc) is 2.94. The van der Waals surface area contributed by atoms with Gasteiger partial charge in [0.2, 0.25) is 0 Å². The van der Waals surface area contributed by atoms with Gasteiger partial charge in [0, 0.05) is 19.1 Å². The summed E-state index contributed by atoms with van der Waals surface area (Å²) >= 11 is 0. The van der Waals surface area contributed by atoms with E-state index in [4.69, 9.17) is 5.11 Å². The van der Waals surface area contributed by atoms with Crippen molar-refractivity contribution < 1.29 is 14.7 Å². The van der Waals surface area contributed by atoms with E-state index < -0.39 is 11.9 Å². The molecule has 2 N–H and O–H groups in total. The highest BCUT2D eigenvalue weighted by Crippen LogP contribution is 2.26. The third kappa shape index (κ3) is 3.97. The zero-order valence-electron chi connectivity index (χ0n) is 12.3. The maximum atomic E-state index is 12.3. The highest BCUT2D eigenvalue weighted by molar-refractivity contribution is 5.77. The number of amides is 2. The van der Waals surface area contributed by atoms with Crippen LogP contribution in [0.3, 0.4) is 0 Å². The van der Waals surface area contributed by atoms with Crippen LogP contribution in [-0.2, 0) is 11.3 Å². The fourth-order valence-corrected chi connectivity index (χ4v) is 2.81. The first-order chi connectivity index (χ1) is 10.1. The van der Waals surface area contributed by atoms with E-state index in [1.54, 1.807) is 4.90 Å². The van der Waals surface area contributed by atoms with Crippen molar-refractivity contribution in [3.8, 4) is 0 Å². The fourth-order valence-electron chi connectivity index (χ4n) is 2.81. The van der Waals surface area contributed by atoms with Gasteiger partial charge >= 0.3 is 12.0 Å². The zero-order chi connectivity index (χ0) is 15.2. The van der Waals surface area contributed by atoms with Crippen LogP contribution in [0.1, 0.15) is 31.7 Å². The molecule has 0 heterocycles. The number of carbonyl (C=O) groups is 2. The highest BCUT2D eigenvalue weighted by Gasteiger charge is 2.34. The molecule has 0 saturated heterocycles. The largest absolute Gasteiger partial charge is 0.481 e. The van der Waals surface area contributed by atoms with E-state index in [1.165, 1.54) is 0 Å². The van der Waals surface area contributed by atoms with Crippen molar-refractivity contribution in [3.05, 3.63) is 35.9 Å². The second-order valence-electron chi connectivity index (χ2n) is 5.43. The first-order valence-corrected chi connectivity index (χ1v) is 7.44. The van der Waals surface area contributed by atoms with E-state index in [2.05, 4.69) is 5.32 Å². The van der Waals surface area contributed by atoms with E-state index in [1.807, 2.05) is 37.3 Å². The van der Waals surface area contributed by atoms with Gasteiger partial charge in [0.25, 0.3) is 0 Å².